The number of carbonyl (C=O) groups excluding carboxylic acids is 1. The number of nitrogens with one attached hydrogen (secondary N) is 1. The molecule has 2 aliphatic carbocycles. The van der Waals surface area contributed by atoms with Crippen LogP contribution in [0.2, 0.25) is 0 Å². The van der Waals surface area contributed by atoms with Gasteiger partial charge in [0, 0.05) is 11.1 Å². The van der Waals surface area contributed by atoms with Crippen LogP contribution in [0.15, 0.2) is 29.4 Å². The third-order valence-corrected chi connectivity index (χ3v) is 5.95. The van der Waals surface area contributed by atoms with Gasteiger partial charge in [0.25, 0.3) is 5.91 Å². The lowest BCUT2D eigenvalue weighted by atomic mass is 9.70. The highest BCUT2D eigenvalue weighted by atomic mass is 16.3. The number of rotatable bonds is 2. The Hall–Kier alpha value is -1.84. The van der Waals surface area contributed by atoms with Crippen LogP contribution in [0.3, 0.4) is 0 Å². The minimum atomic E-state index is -0.357. The molecule has 1 aromatic rings. The van der Waals surface area contributed by atoms with Gasteiger partial charge in [-0.1, -0.05) is 32.9 Å². The lowest BCUT2D eigenvalue weighted by Crippen LogP contribution is -2.34. The number of para-hydroxylation sites is 1. The Kier molecular flexibility index (Phi) is 3.08. The normalized spacial score (nSPS) is 31.6. The van der Waals surface area contributed by atoms with Crippen LogP contribution >= 0.6 is 0 Å². The molecule has 2 bridgehead atoms. The van der Waals surface area contributed by atoms with Crippen molar-refractivity contribution in [3.63, 3.8) is 0 Å². The highest BCUT2D eigenvalue weighted by Crippen LogP contribution is 2.63. The van der Waals surface area contributed by atoms with E-state index >= 15 is 0 Å². The molecule has 4 nitrogen and oxygen atoms in total. The number of nitrogens with zero attached hydrogens (tertiary/aromatic N) is 1. The third kappa shape index (κ3) is 1.96. The molecule has 1 aromatic carbocycles. The summed E-state index contributed by atoms with van der Waals surface area (Å²) in [6.45, 7) is 6.86. The highest BCUT2D eigenvalue weighted by molar-refractivity contribution is 5.99. The van der Waals surface area contributed by atoms with Crippen LogP contribution in [-0.2, 0) is 0 Å². The molecule has 0 radical (unpaired) electrons. The van der Waals surface area contributed by atoms with E-state index in [1.807, 2.05) is 0 Å². The smallest absolute Gasteiger partial charge is 0.275 e. The standard InChI is InChI=1S/C17H22N2O2/c1-16(2)11-8-9-17(16,3)14(10-11)18-19-15(21)12-6-4-5-7-13(12)20/h4-7,11,20H,8-10H2,1-3H3,(H,19,21)/b18-14+. The Balaban J connectivity index is 1.79. The fourth-order valence-electron chi connectivity index (χ4n) is 3.94. The summed E-state index contributed by atoms with van der Waals surface area (Å²) in [5, 5.41) is 14.1. The van der Waals surface area contributed by atoms with Crippen molar-refractivity contribution in [2.45, 2.75) is 40.0 Å². The van der Waals surface area contributed by atoms with Crippen LogP contribution in [0.5, 0.6) is 5.75 Å². The maximum atomic E-state index is 12.1. The van der Waals surface area contributed by atoms with Crippen LogP contribution in [0.25, 0.3) is 0 Å². The monoisotopic (exact) mass is 286 g/mol. The van der Waals surface area contributed by atoms with E-state index in [0.717, 1.165) is 18.6 Å². The molecule has 21 heavy (non-hydrogen) atoms. The van der Waals surface area contributed by atoms with Gasteiger partial charge in [0.05, 0.1) is 5.56 Å². The van der Waals surface area contributed by atoms with E-state index < -0.39 is 0 Å². The summed E-state index contributed by atoms with van der Waals surface area (Å²) in [7, 11) is 0. The van der Waals surface area contributed by atoms with E-state index in [0.29, 0.717) is 5.92 Å². The van der Waals surface area contributed by atoms with Gasteiger partial charge in [-0.15, -0.1) is 0 Å². The van der Waals surface area contributed by atoms with Gasteiger partial charge >= 0.3 is 0 Å². The molecule has 0 heterocycles. The number of carbonyl (C=O) groups is 1. The first-order chi connectivity index (χ1) is 9.86. The molecule has 2 saturated carbocycles. The maximum absolute atomic E-state index is 12.1. The van der Waals surface area contributed by atoms with Gasteiger partial charge in [0.2, 0.25) is 0 Å². The molecule has 0 spiro atoms. The highest BCUT2D eigenvalue weighted by Gasteiger charge is 2.60. The second kappa shape index (κ2) is 4.58. The number of phenolic OH excluding ortho intramolecular Hbond substituents is 1. The summed E-state index contributed by atoms with van der Waals surface area (Å²) in [5.41, 5.74) is 4.28. The van der Waals surface area contributed by atoms with Crippen molar-refractivity contribution in [3.05, 3.63) is 29.8 Å². The van der Waals surface area contributed by atoms with Crippen molar-refractivity contribution in [1.82, 2.24) is 5.43 Å². The SMILES string of the molecule is CC12CCC(C/C1=N\NC(=O)c1ccccc1O)C2(C)C. The molecule has 2 N–H and O–H groups in total. The number of hydrogen-bond donors (Lipinski definition) is 2. The number of hydrazone groups is 1. The van der Waals surface area contributed by atoms with E-state index in [4.69, 9.17) is 0 Å². The van der Waals surface area contributed by atoms with Crippen molar-refractivity contribution >= 4 is 11.6 Å². The minimum absolute atomic E-state index is 0.0188. The fourth-order valence-corrected chi connectivity index (χ4v) is 3.94. The Labute approximate surface area is 125 Å². The van der Waals surface area contributed by atoms with Crippen LogP contribution < -0.4 is 5.43 Å². The zero-order valence-electron chi connectivity index (χ0n) is 12.8. The number of phenols is 1. The molecule has 1 amide bonds. The molecule has 112 valence electrons. The molecule has 0 aliphatic heterocycles. The Bertz CT molecular complexity index is 621. The van der Waals surface area contributed by atoms with E-state index in [1.165, 1.54) is 12.5 Å². The Morgan fingerprint density at radius 1 is 1.33 bits per heavy atom. The zero-order valence-corrected chi connectivity index (χ0v) is 12.8. The first kappa shape index (κ1) is 14.1. The van der Waals surface area contributed by atoms with Crippen molar-refractivity contribution in [3.8, 4) is 5.75 Å². The van der Waals surface area contributed by atoms with E-state index in [1.54, 1.807) is 18.2 Å². The second-order valence-electron chi connectivity index (χ2n) is 7.01. The largest absolute Gasteiger partial charge is 0.507 e. The minimum Gasteiger partial charge on any atom is -0.507 e. The molecule has 3 rings (SSSR count). The van der Waals surface area contributed by atoms with Gasteiger partial charge in [-0.25, -0.2) is 5.43 Å². The van der Waals surface area contributed by atoms with Gasteiger partial charge in [0.15, 0.2) is 0 Å². The van der Waals surface area contributed by atoms with Crippen molar-refractivity contribution in [1.29, 1.82) is 0 Å². The number of fused-ring (bicyclic) bond motifs is 2. The average Bonchev–Trinajstić information content (AvgIpc) is 2.78. The average molecular weight is 286 g/mol. The summed E-state index contributed by atoms with van der Waals surface area (Å²) in [6, 6.07) is 6.52. The van der Waals surface area contributed by atoms with E-state index in [-0.39, 0.29) is 28.1 Å². The molecule has 0 saturated heterocycles. The van der Waals surface area contributed by atoms with E-state index in [9.17, 15) is 9.90 Å². The third-order valence-electron chi connectivity index (χ3n) is 5.95. The van der Waals surface area contributed by atoms with Crippen LogP contribution in [-0.4, -0.2) is 16.7 Å². The summed E-state index contributed by atoms with van der Waals surface area (Å²) in [6.07, 6.45) is 3.34. The maximum Gasteiger partial charge on any atom is 0.275 e. The summed E-state index contributed by atoms with van der Waals surface area (Å²) < 4.78 is 0. The predicted octanol–water partition coefficient (Wildman–Crippen LogP) is 3.32. The van der Waals surface area contributed by atoms with Crippen molar-refractivity contribution in [2.24, 2.45) is 21.8 Å². The summed E-state index contributed by atoms with van der Waals surface area (Å²) in [5.74, 6) is 0.280. The molecular formula is C17H22N2O2. The molecule has 2 atom stereocenters. The zero-order chi connectivity index (χ0) is 15.3. The van der Waals surface area contributed by atoms with Crippen LogP contribution in [0.4, 0.5) is 0 Å². The Morgan fingerprint density at radius 2 is 2.05 bits per heavy atom. The Morgan fingerprint density at radius 3 is 2.62 bits per heavy atom. The topological polar surface area (TPSA) is 61.7 Å². The van der Waals surface area contributed by atoms with Crippen molar-refractivity contribution in [2.75, 3.05) is 0 Å². The number of amides is 1. The molecule has 2 aliphatic rings. The van der Waals surface area contributed by atoms with Crippen molar-refractivity contribution < 1.29 is 9.90 Å². The van der Waals surface area contributed by atoms with Crippen LogP contribution in [0.1, 0.15) is 50.4 Å². The quantitative estimate of drug-likeness (QED) is 0.819. The molecular weight excluding hydrogens is 264 g/mol. The van der Waals surface area contributed by atoms with Gasteiger partial charge in [0.1, 0.15) is 5.75 Å². The lowest BCUT2D eigenvalue weighted by Gasteiger charge is -2.34. The molecule has 2 unspecified atom stereocenters. The number of hydrogen-bond acceptors (Lipinski definition) is 3. The second-order valence-corrected chi connectivity index (χ2v) is 7.01. The predicted molar refractivity (Wildman–Crippen MR) is 82.2 cm³/mol. The number of aromatic hydroxyl groups is 1. The van der Waals surface area contributed by atoms with Gasteiger partial charge in [-0.3, -0.25) is 4.79 Å². The van der Waals surface area contributed by atoms with Crippen LogP contribution in [0, 0.1) is 16.7 Å². The van der Waals surface area contributed by atoms with Gasteiger partial charge in [-0.2, -0.15) is 5.10 Å². The molecule has 0 aromatic heterocycles. The fraction of sp³-hybridized carbons (Fsp3) is 0.529. The van der Waals surface area contributed by atoms with Gasteiger partial charge < -0.3 is 5.11 Å². The number of benzene rings is 1. The van der Waals surface area contributed by atoms with Gasteiger partial charge in [-0.05, 0) is 42.7 Å². The first-order valence-corrected chi connectivity index (χ1v) is 7.51. The molecule has 2 fully saturated rings. The molecule has 4 heteroatoms. The summed E-state index contributed by atoms with van der Waals surface area (Å²) in [4.78, 5) is 12.1. The van der Waals surface area contributed by atoms with E-state index in [2.05, 4.69) is 31.3 Å². The first-order valence-electron chi connectivity index (χ1n) is 7.51. The lowest BCUT2D eigenvalue weighted by molar-refractivity contribution is 0.0951. The summed E-state index contributed by atoms with van der Waals surface area (Å²) >= 11 is 0.